The van der Waals surface area contributed by atoms with E-state index in [0.29, 0.717) is 35.5 Å². The quantitative estimate of drug-likeness (QED) is 0.765. The second-order valence-corrected chi connectivity index (χ2v) is 7.04. The molecule has 3 rings (SSSR count). The van der Waals surface area contributed by atoms with Crippen molar-refractivity contribution in [3.05, 3.63) is 53.1 Å². The summed E-state index contributed by atoms with van der Waals surface area (Å²) >= 11 is 0. The van der Waals surface area contributed by atoms with Crippen molar-refractivity contribution in [2.45, 2.75) is 38.4 Å². The lowest BCUT2D eigenvalue weighted by Gasteiger charge is -2.24. The minimum Gasteiger partial charge on any atom is -0.508 e. The number of ether oxygens (including phenoxy) is 2. The molecule has 1 aliphatic heterocycles. The lowest BCUT2D eigenvalue weighted by molar-refractivity contribution is -0.0230. The molecule has 26 heavy (non-hydrogen) atoms. The molecule has 1 aliphatic rings. The SMILES string of the molecule is COc1cc2c(c(O)c1C/C=C/c1ccc(O)cc1)C[C@@H](C(C)(C)O)O2. The molecule has 0 saturated heterocycles. The normalized spacial score (nSPS) is 16.5. The van der Waals surface area contributed by atoms with Crippen molar-refractivity contribution in [2.24, 2.45) is 0 Å². The Kier molecular flexibility index (Phi) is 4.83. The molecule has 1 atom stereocenters. The highest BCUT2D eigenvalue weighted by Gasteiger charge is 2.37. The number of fused-ring (bicyclic) bond motifs is 1. The molecule has 5 heteroatoms. The average molecular weight is 356 g/mol. The van der Waals surface area contributed by atoms with Crippen LogP contribution in [0.5, 0.6) is 23.0 Å². The summed E-state index contributed by atoms with van der Waals surface area (Å²) in [5.74, 6) is 1.48. The second-order valence-electron chi connectivity index (χ2n) is 7.04. The predicted molar refractivity (Wildman–Crippen MR) is 99.9 cm³/mol. The maximum atomic E-state index is 10.7. The van der Waals surface area contributed by atoms with Crippen molar-refractivity contribution in [1.29, 1.82) is 0 Å². The molecule has 2 aromatic carbocycles. The van der Waals surface area contributed by atoms with Gasteiger partial charge >= 0.3 is 0 Å². The zero-order valence-corrected chi connectivity index (χ0v) is 15.2. The van der Waals surface area contributed by atoms with Gasteiger partial charge in [0.25, 0.3) is 0 Å². The first kappa shape index (κ1) is 18.1. The van der Waals surface area contributed by atoms with Crippen molar-refractivity contribution < 1.29 is 24.8 Å². The molecule has 0 saturated carbocycles. The third-order valence-electron chi connectivity index (χ3n) is 4.62. The summed E-state index contributed by atoms with van der Waals surface area (Å²) in [6.07, 6.45) is 4.37. The van der Waals surface area contributed by atoms with Gasteiger partial charge in [0.05, 0.1) is 12.7 Å². The van der Waals surface area contributed by atoms with E-state index >= 15 is 0 Å². The Labute approximate surface area is 153 Å². The Balaban J connectivity index is 1.85. The van der Waals surface area contributed by atoms with E-state index in [1.54, 1.807) is 39.2 Å². The Morgan fingerprint density at radius 2 is 1.92 bits per heavy atom. The summed E-state index contributed by atoms with van der Waals surface area (Å²) in [5.41, 5.74) is 1.33. The van der Waals surface area contributed by atoms with Crippen LogP contribution in [-0.2, 0) is 12.8 Å². The smallest absolute Gasteiger partial charge is 0.131 e. The lowest BCUT2D eigenvalue weighted by atomic mass is 9.95. The van der Waals surface area contributed by atoms with E-state index in [2.05, 4.69) is 0 Å². The number of benzene rings is 2. The van der Waals surface area contributed by atoms with E-state index in [0.717, 1.165) is 5.56 Å². The molecule has 0 aliphatic carbocycles. The van der Waals surface area contributed by atoms with Gasteiger partial charge in [-0.1, -0.05) is 24.3 Å². The number of phenols is 2. The summed E-state index contributed by atoms with van der Waals surface area (Å²) in [6, 6.07) is 8.65. The van der Waals surface area contributed by atoms with E-state index in [1.807, 2.05) is 24.3 Å². The van der Waals surface area contributed by atoms with Gasteiger partial charge in [-0.25, -0.2) is 0 Å². The maximum absolute atomic E-state index is 10.7. The fraction of sp³-hybridized carbons (Fsp3) is 0.333. The fourth-order valence-electron chi connectivity index (χ4n) is 3.06. The number of allylic oxidation sites excluding steroid dienone is 1. The van der Waals surface area contributed by atoms with E-state index in [1.165, 1.54) is 0 Å². The Hall–Kier alpha value is -2.66. The first-order valence-corrected chi connectivity index (χ1v) is 8.56. The molecule has 0 amide bonds. The third-order valence-corrected chi connectivity index (χ3v) is 4.62. The first-order chi connectivity index (χ1) is 12.3. The molecular weight excluding hydrogens is 332 g/mol. The van der Waals surface area contributed by atoms with Crippen molar-refractivity contribution in [1.82, 2.24) is 0 Å². The Bertz CT molecular complexity index is 816. The van der Waals surface area contributed by atoms with Crippen LogP contribution in [0.15, 0.2) is 36.4 Å². The van der Waals surface area contributed by atoms with Crippen LogP contribution in [-0.4, -0.2) is 34.1 Å². The van der Waals surface area contributed by atoms with Crippen LogP contribution in [0.25, 0.3) is 6.08 Å². The minimum atomic E-state index is -1.00. The maximum Gasteiger partial charge on any atom is 0.131 e. The highest BCUT2D eigenvalue weighted by molar-refractivity contribution is 5.60. The highest BCUT2D eigenvalue weighted by Crippen LogP contribution is 2.44. The number of aliphatic hydroxyl groups is 1. The van der Waals surface area contributed by atoms with Gasteiger partial charge in [0.1, 0.15) is 29.1 Å². The number of phenolic OH excluding ortho intramolecular Hbond substituents is 2. The van der Waals surface area contributed by atoms with Crippen LogP contribution in [0.3, 0.4) is 0 Å². The van der Waals surface area contributed by atoms with Gasteiger partial charge in [-0.3, -0.25) is 0 Å². The molecule has 0 fully saturated rings. The summed E-state index contributed by atoms with van der Waals surface area (Å²) in [5, 5.41) is 30.3. The zero-order valence-electron chi connectivity index (χ0n) is 15.2. The van der Waals surface area contributed by atoms with Gasteiger partial charge in [0, 0.05) is 23.6 Å². The Morgan fingerprint density at radius 1 is 1.23 bits per heavy atom. The molecule has 3 N–H and O–H groups in total. The Morgan fingerprint density at radius 3 is 2.54 bits per heavy atom. The van der Waals surface area contributed by atoms with E-state index in [-0.39, 0.29) is 11.5 Å². The minimum absolute atomic E-state index is 0.154. The topological polar surface area (TPSA) is 79.2 Å². The van der Waals surface area contributed by atoms with Gasteiger partial charge in [-0.05, 0) is 38.0 Å². The lowest BCUT2D eigenvalue weighted by Crippen LogP contribution is -2.39. The number of aromatic hydroxyl groups is 2. The van der Waals surface area contributed by atoms with E-state index < -0.39 is 11.7 Å². The molecule has 0 spiro atoms. The standard InChI is InChI=1S/C21H24O5/c1-21(2,24)19-11-16-18(26-19)12-17(25-3)15(20(16)23)6-4-5-13-7-9-14(22)10-8-13/h4-5,7-10,12,19,22-24H,6,11H2,1-3H3/b5-4+/t19-/m0/s1. The van der Waals surface area contributed by atoms with Crippen LogP contribution in [0, 0.1) is 0 Å². The first-order valence-electron chi connectivity index (χ1n) is 8.56. The molecule has 0 radical (unpaired) electrons. The molecule has 2 aromatic rings. The molecule has 0 unspecified atom stereocenters. The number of rotatable bonds is 5. The van der Waals surface area contributed by atoms with Crippen LogP contribution in [0.2, 0.25) is 0 Å². The third kappa shape index (κ3) is 3.63. The summed E-state index contributed by atoms with van der Waals surface area (Å²) in [4.78, 5) is 0. The molecule has 1 heterocycles. The fourth-order valence-corrected chi connectivity index (χ4v) is 3.06. The summed E-state index contributed by atoms with van der Waals surface area (Å²) in [7, 11) is 1.55. The molecule has 5 nitrogen and oxygen atoms in total. The zero-order chi connectivity index (χ0) is 18.9. The van der Waals surface area contributed by atoms with Crippen LogP contribution < -0.4 is 9.47 Å². The number of hydrogen-bond donors (Lipinski definition) is 3. The van der Waals surface area contributed by atoms with Crippen LogP contribution in [0.1, 0.15) is 30.5 Å². The predicted octanol–water partition coefficient (Wildman–Crippen LogP) is 3.44. The highest BCUT2D eigenvalue weighted by atomic mass is 16.5. The van der Waals surface area contributed by atoms with Crippen LogP contribution >= 0.6 is 0 Å². The molecule has 138 valence electrons. The molecule has 0 aromatic heterocycles. The van der Waals surface area contributed by atoms with Crippen molar-refractivity contribution in [3.63, 3.8) is 0 Å². The van der Waals surface area contributed by atoms with E-state index in [4.69, 9.17) is 9.47 Å². The monoisotopic (exact) mass is 356 g/mol. The molecule has 0 bridgehead atoms. The van der Waals surface area contributed by atoms with Gasteiger partial charge < -0.3 is 24.8 Å². The van der Waals surface area contributed by atoms with Crippen LogP contribution in [0.4, 0.5) is 0 Å². The number of hydrogen-bond acceptors (Lipinski definition) is 5. The van der Waals surface area contributed by atoms with Crippen molar-refractivity contribution >= 4 is 6.08 Å². The van der Waals surface area contributed by atoms with Gasteiger partial charge in [0.2, 0.25) is 0 Å². The second kappa shape index (κ2) is 6.92. The van der Waals surface area contributed by atoms with Crippen molar-refractivity contribution in [3.8, 4) is 23.0 Å². The van der Waals surface area contributed by atoms with Gasteiger partial charge in [0.15, 0.2) is 0 Å². The van der Waals surface area contributed by atoms with Gasteiger partial charge in [-0.15, -0.1) is 0 Å². The van der Waals surface area contributed by atoms with Gasteiger partial charge in [-0.2, -0.15) is 0 Å². The van der Waals surface area contributed by atoms with Crippen molar-refractivity contribution in [2.75, 3.05) is 7.11 Å². The van der Waals surface area contributed by atoms with E-state index in [9.17, 15) is 15.3 Å². The summed E-state index contributed by atoms with van der Waals surface area (Å²) < 4.78 is 11.2. The average Bonchev–Trinajstić information content (AvgIpc) is 3.03. The molecular formula is C21H24O5. The largest absolute Gasteiger partial charge is 0.508 e. The number of methoxy groups -OCH3 is 1. The summed E-state index contributed by atoms with van der Waals surface area (Å²) in [6.45, 7) is 3.39.